The number of hydrogen-bond acceptors (Lipinski definition) is 5. The molecular formula is C24H26N4O2. The zero-order valence-corrected chi connectivity index (χ0v) is 17.4. The highest BCUT2D eigenvalue weighted by Crippen LogP contribution is 2.29. The van der Waals surface area contributed by atoms with Crippen molar-refractivity contribution < 1.29 is 9.53 Å². The van der Waals surface area contributed by atoms with E-state index in [1.807, 2.05) is 72.6 Å². The second-order valence-corrected chi connectivity index (χ2v) is 7.34. The minimum absolute atomic E-state index is 0.0262. The summed E-state index contributed by atoms with van der Waals surface area (Å²) in [6, 6.07) is 19.4. The van der Waals surface area contributed by atoms with Gasteiger partial charge >= 0.3 is 0 Å². The first kappa shape index (κ1) is 19.9. The summed E-state index contributed by atoms with van der Waals surface area (Å²) in [6.07, 6.45) is 0.708. The van der Waals surface area contributed by atoms with E-state index in [2.05, 4.69) is 11.8 Å². The Bertz CT molecular complexity index is 1010. The molecule has 3 aromatic rings. The minimum Gasteiger partial charge on any atom is -0.484 e. The normalized spacial score (nSPS) is 12.9. The van der Waals surface area contributed by atoms with Crippen LogP contribution in [0.1, 0.15) is 18.2 Å². The highest BCUT2D eigenvalue weighted by molar-refractivity contribution is 5.78. The van der Waals surface area contributed by atoms with Crippen molar-refractivity contribution >= 4 is 11.7 Å². The molecule has 6 nitrogen and oxygen atoms in total. The van der Waals surface area contributed by atoms with Crippen LogP contribution in [0, 0.1) is 0 Å². The van der Waals surface area contributed by atoms with Crippen molar-refractivity contribution in [3.8, 4) is 17.1 Å². The molecule has 0 bridgehead atoms. The number of carbonyl (C=O) groups is 1. The highest BCUT2D eigenvalue weighted by Gasteiger charge is 2.27. The maximum absolute atomic E-state index is 12.8. The van der Waals surface area contributed by atoms with Crippen LogP contribution in [0.25, 0.3) is 11.4 Å². The summed E-state index contributed by atoms with van der Waals surface area (Å²) >= 11 is 0. The fourth-order valence-electron chi connectivity index (χ4n) is 3.54. The lowest BCUT2D eigenvalue weighted by Gasteiger charge is -2.31. The maximum atomic E-state index is 12.8. The molecule has 0 N–H and O–H groups in total. The number of rotatable bonds is 6. The molecule has 1 aliphatic heterocycles. The standard InChI is InChI=1S/C24H26N4O2/c1-3-27(2)24-20-16-28(22(29)17-30-19-12-8-5-9-13-19)15-14-21(20)25-23(26-24)18-10-6-4-7-11-18/h4-13H,3,14-17H2,1-2H3. The average Bonchev–Trinajstić information content (AvgIpc) is 2.82. The number of ether oxygens (including phenoxy) is 1. The highest BCUT2D eigenvalue weighted by atomic mass is 16.5. The fraction of sp³-hybridized carbons (Fsp3) is 0.292. The molecule has 0 saturated carbocycles. The van der Waals surface area contributed by atoms with Crippen LogP contribution >= 0.6 is 0 Å². The van der Waals surface area contributed by atoms with Crippen molar-refractivity contribution in [3.63, 3.8) is 0 Å². The number of hydrogen-bond donors (Lipinski definition) is 0. The van der Waals surface area contributed by atoms with E-state index in [-0.39, 0.29) is 12.5 Å². The molecular weight excluding hydrogens is 376 g/mol. The van der Waals surface area contributed by atoms with Crippen molar-refractivity contribution in [1.29, 1.82) is 0 Å². The summed E-state index contributed by atoms with van der Waals surface area (Å²) in [5.74, 6) is 2.30. The SMILES string of the molecule is CCN(C)c1nc(-c2ccccc2)nc2c1CN(C(=O)COc1ccccc1)CC2. The van der Waals surface area contributed by atoms with Gasteiger partial charge in [0.05, 0.1) is 12.2 Å². The average molecular weight is 402 g/mol. The Morgan fingerprint density at radius 2 is 1.77 bits per heavy atom. The molecule has 0 saturated heterocycles. The van der Waals surface area contributed by atoms with E-state index in [0.29, 0.717) is 25.3 Å². The van der Waals surface area contributed by atoms with Gasteiger partial charge in [0.2, 0.25) is 0 Å². The molecule has 6 heteroatoms. The van der Waals surface area contributed by atoms with E-state index in [0.717, 1.165) is 35.0 Å². The topological polar surface area (TPSA) is 58.6 Å². The Hall–Kier alpha value is -3.41. The van der Waals surface area contributed by atoms with Gasteiger partial charge in [-0.2, -0.15) is 0 Å². The predicted octanol–water partition coefficient (Wildman–Crippen LogP) is 3.56. The third-order valence-corrected chi connectivity index (χ3v) is 5.36. The third-order valence-electron chi connectivity index (χ3n) is 5.36. The summed E-state index contributed by atoms with van der Waals surface area (Å²) in [5.41, 5.74) is 3.05. The van der Waals surface area contributed by atoms with E-state index < -0.39 is 0 Å². The van der Waals surface area contributed by atoms with Gasteiger partial charge in [-0.3, -0.25) is 4.79 Å². The van der Waals surface area contributed by atoms with Gasteiger partial charge in [0.1, 0.15) is 11.6 Å². The van der Waals surface area contributed by atoms with Crippen molar-refractivity contribution in [2.75, 3.05) is 31.6 Å². The first-order valence-corrected chi connectivity index (χ1v) is 10.3. The number of amides is 1. The van der Waals surface area contributed by atoms with Crippen molar-refractivity contribution in [2.24, 2.45) is 0 Å². The number of fused-ring (bicyclic) bond motifs is 1. The van der Waals surface area contributed by atoms with Crippen molar-refractivity contribution in [1.82, 2.24) is 14.9 Å². The molecule has 1 amide bonds. The molecule has 0 fully saturated rings. The Kier molecular flexibility index (Phi) is 5.93. The van der Waals surface area contributed by atoms with Gasteiger partial charge in [-0.1, -0.05) is 48.5 Å². The summed E-state index contributed by atoms with van der Waals surface area (Å²) < 4.78 is 5.65. The lowest BCUT2D eigenvalue weighted by atomic mass is 10.0. The van der Waals surface area contributed by atoms with Crippen LogP contribution in [0.3, 0.4) is 0 Å². The first-order chi connectivity index (χ1) is 14.7. The summed E-state index contributed by atoms with van der Waals surface area (Å²) in [7, 11) is 2.02. The number of nitrogens with zero attached hydrogens (tertiary/aromatic N) is 4. The second kappa shape index (κ2) is 8.95. The number of anilines is 1. The zero-order chi connectivity index (χ0) is 20.9. The Balaban J connectivity index is 1.56. The van der Waals surface area contributed by atoms with Crippen LogP contribution in [0.5, 0.6) is 5.75 Å². The quantitative estimate of drug-likeness (QED) is 0.631. The van der Waals surface area contributed by atoms with Crippen LogP contribution in [0.4, 0.5) is 5.82 Å². The maximum Gasteiger partial charge on any atom is 0.260 e. The molecule has 0 spiro atoms. The molecule has 1 aromatic heterocycles. The lowest BCUT2D eigenvalue weighted by Crippen LogP contribution is -2.40. The molecule has 154 valence electrons. The molecule has 1 aliphatic rings. The first-order valence-electron chi connectivity index (χ1n) is 10.3. The van der Waals surface area contributed by atoms with Crippen molar-refractivity contribution in [2.45, 2.75) is 19.9 Å². The molecule has 30 heavy (non-hydrogen) atoms. The smallest absolute Gasteiger partial charge is 0.260 e. The summed E-state index contributed by atoms with van der Waals surface area (Å²) in [6.45, 7) is 4.08. The second-order valence-electron chi connectivity index (χ2n) is 7.34. The van der Waals surface area contributed by atoms with E-state index in [1.165, 1.54) is 0 Å². The molecule has 0 aliphatic carbocycles. The zero-order valence-electron chi connectivity index (χ0n) is 17.4. The van der Waals surface area contributed by atoms with E-state index in [1.54, 1.807) is 0 Å². The number of aromatic nitrogens is 2. The van der Waals surface area contributed by atoms with Crippen LogP contribution in [0.15, 0.2) is 60.7 Å². The van der Waals surface area contributed by atoms with Gasteiger partial charge in [-0.25, -0.2) is 9.97 Å². The minimum atomic E-state index is -0.0262. The van der Waals surface area contributed by atoms with Gasteiger partial charge in [-0.15, -0.1) is 0 Å². The molecule has 0 radical (unpaired) electrons. The summed E-state index contributed by atoms with van der Waals surface area (Å²) in [4.78, 5) is 26.4. The van der Waals surface area contributed by atoms with Crippen molar-refractivity contribution in [3.05, 3.63) is 71.9 Å². The number of para-hydroxylation sites is 1. The molecule has 2 aromatic carbocycles. The van der Waals surface area contributed by atoms with E-state index >= 15 is 0 Å². The number of benzene rings is 2. The van der Waals surface area contributed by atoms with Gasteiger partial charge in [0, 0.05) is 37.7 Å². The van der Waals surface area contributed by atoms with E-state index in [9.17, 15) is 4.79 Å². The van der Waals surface area contributed by atoms with Gasteiger partial charge in [0.15, 0.2) is 12.4 Å². The van der Waals surface area contributed by atoms with Gasteiger partial charge in [-0.05, 0) is 19.1 Å². The van der Waals surface area contributed by atoms with Gasteiger partial charge in [0.25, 0.3) is 5.91 Å². The predicted molar refractivity (Wildman–Crippen MR) is 117 cm³/mol. The monoisotopic (exact) mass is 402 g/mol. The molecule has 2 heterocycles. The Morgan fingerprint density at radius 1 is 1.07 bits per heavy atom. The van der Waals surface area contributed by atoms with Crippen LogP contribution in [0.2, 0.25) is 0 Å². The number of carbonyl (C=O) groups excluding carboxylic acids is 1. The van der Waals surface area contributed by atoms with Gasteiger partial charge < -0.3 is 14.5 Å². The summed E-state index contributed by atoms with van der Waals surface area (Å²) in [5, 5.41) is 0. The largest absolute Gasteiger partial charge is 0.484 e. The Morgan fingerprint density at radius 3 is 2.47 bits per heavy atom. The van der Waals surface area contributed by atoms with Crippen LogP contribution in [-0.2, 0) is 17.8 Å². The third kappa shape index (κ3) is 4.27. The molecule has 4 rings (SSSR count). The molecule has 0 unspecified atom stereocenters. The van der Waals surface area contributed by atoms with Crippen LogP contribution < -0.4 is 9.64 Å². The van der Waals surface area contributed by atoms with Crippen LogP contribution in [-0.4, -0.2) is 47.5 Å². The van der Waals surface area contributed by atoms with E-state index in [4.69, 9.17) is 14.7 Å². The lowest BCUT2D eigenvalue weighted by molar-refractivity contribution is -0.134. The fourth-order valence-corrected chi connectivity index (χ4v) is 3.54. The molecule has 0 atom stereocenters. The Labute approximate surface area is 177 Å².